The fraction of sp³-hybridized carbons (Fsp3) is 0. The molecule has 2 aromatic heterocycles. The van der Waals surface area contributed by atoms with Crippen LogP contribution in [0.2, 0.25) is 5.15 Å². The number of imidazole rings is 1. The molecule has 0 aliphatic rings. The molecule has 0 aliphatic heterocycles. The number of nitrogens with two attached hydrogens (primary N) is 1. The zero-order valence-electron chi connectivity index (χ0n) is 8.45. The van der Waals surface area contributed by atoms with Gasteiger partial charge in [-0.3, -0.25) is 4.98 Å². The van der Waals surface area contributed by atoms with Gasteiger partial charge in [0.1, 0.15) is 10.8 Å². The molecular weight excluding hydrogens is 244 g/mol. The van der Waals surface area contributed by atoms with Crippen molar-refractivity contribution in [3.63, 3.8) is 0 Å². The largest absolute Gasteiger partial charge is 0.417 e. The highest BCUT2D eigenvalue weighted by Gasteiger charge is 2.11. The Balaban J connectivity index is 2.23. The van der Waals surface area contributed by atoms with Gasteiger partial charge in [0.25, 0.3) is 0 Å². The number of anilines is 1. The summed E-state index contributed by atoms with van der Waals surface area (Å²) in [5.74, 6) is -0.259. The van der Waals surface area contributed by atoms with Crippen LogP contribution in [-0.4, -0.2) is 15.0 Å². The van der Waals surface area contributed by atoms with E-state index in [9.17, 15) is 4.79 Å². The van der Waals surface area contributed by atoms with Crippen molar-refractivity contribution in [2.75, 3.05) is 5.73 Å². The summed E-state index contributed by atoms with van der Waals surface area (Å²) in [7, 11) is 0. The second kappa shape index (κ2) is 3.39. The van der Waals surface area contributed by atoms with E-state index in [4.69, 9.17) is 21.8 Å². The monoisotopic (exact) mass is 250 g/mol. The maximum absolute atomic E-state index is 11.0. The third-order valence-electron chi connectivity index (χ3n) is 2.37. The number of benzene rings is 1. The van der Waals surface area contributed by atoms with Crippen LogP contribution in [0.25, 0.3) is 22.4 Å². The molecule has 3 aromatic rings. The van der Waals surface area contributed by atoms with Crippen LogP contribution in [0.15, 0.2) is 27.4 Å². The van der Waals surface area contributed by atoms with Gasteiger partial charge < -0.3 is 15.1 Å². The first-order valence-electron chi connectivity index (χ1n) is 4.78. The third-order valence-corrected chi connectivity index (χ3v) is 2.65. The average molecular weight is 251 g/mol. The Morgan fingerprint density at radius 3 is 2.88 bits per heavy atom. The van der Waals surface area contributed by atoms with Gasteiger partial charge in [-0.25, -0.2) is 9.78 Å². The van der Waals surface area contributed by atoms with Gasteiger partial charge >= 0.3 is 5.76 Å². The van der Waals surface area contributed by atoms with Gasteiger partial charge in [0.2, 0.25) is 0 Å². The summed E-state index contributed by atoms with van der Waals surface area (Å²) in [5, 5.41) is 0.347. The minimum absolute atomic E-state index is 0.237. The summed E-state index contributed by atoms with van der Waals surface area (Å²) in [6, 6.07) is 5.17. The van der Waals surface area contributed by atoms with Crippen LogP contribution in [0.4, 0.5) is 5.95 Å². The maximum atomic E-state index is 11.0. The lowest BCUT2D eigenvalue weighted by Crippen LogP contribution is -1.92. The SMILES string of the molecule is Nc1nc(-c2ccc3[nH]c(=O)oc3c2)c(Cl)[nH]1. The number of hydrogen-bond donors (Lipinski definition) is 3. The van der Waals surface area contributed by atoms with E-state index in [-0.39, 0.29) is 5.95 Å². The number of nitrogen functional groups attached to an aromatic ring is 1. The van der Waals surface area contributed by atoms with E-state index in [0.29, 0.717) is 21.9 Å². The Kier molecular flexibility index (Phi) is 1.99. The van der Waals surface area contributed by atoms with Crippen LogP contribution < -0.4 is 11.5 Å². The van der Waals surface area contributed by atoms with Crippen molar-refractivity contribution in [3.05, 3.63) is 33.9 Å². The first-order valence-corrected chi connectivity index (χ1v) is 5.15. The number of nitrogens with zero attached hydrogens (tertiary/aromatic N) is 1. The lowest BCUT2D eigenvalue weighted by molar-refractivity contribution is 0.555. The Morgan fingerprint density at radius 2 is 2.18 bits per heavy atom. The molecule has 0 radical (unpaired) electrons. The van der Waals surface area contributed by atoms with Crippen molar-refractivity contribution in [2.24, 2.45) is 0 Å². The summed E-state index contributed by atoms with van der Waals surface area (Å²) >= 11 is 5.94. The predicted octanol–water partition coefficient (Wildman–Crippen LogP) is 1.75. The van der Waals surface area contributed by atoms with Gasteiger partial charge in [-0.15, -0.1) is 0 Å². The molecule has 0 amide bonds. The molecule has 3 rings (SSSR count). The summed E-state index contributed by atoms with van der Waals surface area (Å²) in [6.07, 6.45) is 0. The highest BCUT2D eigenvalue weighted by molar-refractivity contribution is 6.32. The van der Waals surface area contributed by atoms with E-state index in [0.717, 1.165) is 5.56 Å². The summed E-state index contributed by atoms with van der Waals surface area (Å²) in [6.45, 7) is 0. The number of rotatable bonds is 1. The Hall–Kier alpha value is -2.21. The second-order valence-corrected chi connectivity index (χ2v) is 3.89. The molecule has 86 valence electrons. The highest BCUT2D eigenvalue weighted by Crippen LogP contribution is 2.28. The number of aromatic nitrogens is 3. The maximum Gasteiger partial charge on any atom is 0.417 e. The van der Waals surface area contributed by atoms with Crippen LogP contribution in [-0.2, 0) is 0 Å². The van der Waals surface area contributed by atoms with E-state index in [2.05, 4.69) is 15.0 Å². The Bertz CT molecular complexity index is 755. The summed E-state index contributed by atoms with van der Waals surface area (Å²) < 4.78 is 4.95. The summed E-state index contributed by atoms with van der Waals surface area (Å²) in [5.41, 5.74) is 7.82. The standard InChI is InChI=1S/C10H7ClN4O2/c11-8-7(14-9(12)15-8)4-1-2-5-6(3-4)17-10(16)13-5/h1-3H,(H,13,16)(H3,12,14,15). The molecule has 0 spiro atoms. The van der Waals surface area contributed by atoms with Gasteiger partial charge in [-0.05, 0) is 12.1 Å². The Morgan fingerprint density at radius 1 is 1.35 bits per heavy atom. The smallest absolute Gasteiger partial charge is 0.408 e. The topological polar surface area (TPSA) is 101 Å². The molecule has 0 atom stereocenters. The van der Waals surface area contributed by atoms with E-state index in [1.807, 2.05) is 0 Å². The van der Waals surface area contributed by atoms with Crippen molar-refractivity contribution >= 4 is 28.6 Å². The van der Waals surface area contributed by atoms with Crippen molar-refractivity contribution in [3.8, 4) is 11.3 Å². The average Bonchev–Trinajstić information content (AvgIpc) is 2.78. The highest BCUT2D eigenvalue weighted by atomic mass is 35.5. The number of nitrogens with one attached hydrogen (secondary N) is 2. The number of halogens is 1. The molecule has 0 unspecified atom stereocenters. The van der Waals surface area contributed by atoms with Crippen molar-refractivity contribution in [1.82, 2.24) is 15.0 Å². The molecule has 0 saturated carbocycles. The van der Waals surface area contributed by atoms with Crippen molar-refractivity contribution in [1.29, 1.82) is 0 Å². The molecular formula is C10H7ClN4O2. The lowest BCUT2D eigenvalue weighted by Gasteiger charge is -1.96. The first-order chi connectivity index (χ1) is 8.13. The molecule has 17 heavy (non-hydrogen) atoms. The van der Waals surface area contributed by atoms with Crippen LogP contribution in [0, 0.1) is 0 Å². The minimum atomic E-state index is -0.496. The number of H-pyrrole nitrogens is 2. The molecule has 0 saturated heterocycles. The van der Waals surface area contributed by atoms with E-state index >= 15 is 0 Å². The quantitative estimate of drug-likeness (QED) is 0.612. The first kappa shape index (κ1) is 9.98. The van der Waals surface area contributed by atoms with Gasteiger partial charge in [-0.2, -0.15) is 0 Å². The molecule has 7 heteroatoms. The van der Waals surface area contributed by atoms with Crippen molar-refractivity contribution < 1.29 is 4.42 Å². The predicted molar refractivity (Wildman–Crippen MR) is 63.8 cm³/mol. The normalized spacial score (nSPS) is 11.1. The lowest BCUT2D eigenvalue weighted by atomic mass is 10.1. The third kappa shape index (κ3) is 1.58. The fourth-order valence-corrected chi connectivity index (χ4v) is 1.90. The molecule has 6 nitrogen and oxygen atoms in total. The van der Waals surface area contributed by atoms with E-state index in [1.165, 1.54) is 0 Å². The fourth-order valence-electron chi connectivity index (χ4n) is 1.65. The van der Waals surface area contributed by atoms with Crippen molar-refractivity contribution in [2.45, 2.75) is 0 Å². The molecule has 1 aromatic carbocycles. The van der Waals surface area contributed by atoms with Crippen LogP contribution >= 0.6 is 11.6 Å². The molecule has 0 bridgehead atoms. The van der Waals surface area contributed by atoms with Gasteiger partial charge in [0, 0.05) is 5.56 Å². The zero-order valence-corrected chi connectivity index (χ0v) is 9.21. The van der Waals surface area contributed by atoms with Gasteiger partial charge in [-0.1, -0.05) is 17.7 Å². The van der Waals surface area contributed by atoms with Gasteiger partial charge in [0.05, 0.1) is 5.52 Å². The van der Waals surface area contributed by atoms with E-state index < -0.39 is 5.76 Å². The van der Waals surface area contributed by atoms with E-state index in [1.54, 1.807) is 18.2 Å². The number of oxazole rings is 1. The zero-order chi connectivity index (χ0) is 12.0. The second-order valence-electron chi connectivity index (χ2n) is 3.51. The molecule has 0 fully saturated rings. The number of aromatic amines is 2. The number of hydrogen-bond acceptors (Lipinski definition) is 4. The van der Waals surface area contributed by atoms with Crippen LogP contribution in [0.5, 0.6) is 0 Å². The molecule has 0 aliphatic carbocycles. The van der Waals surface area contributed by atoms with Gasteiger partial charge in [0.15, 0.2) is 11.5 Å². The summed E-state index contributed by atoms with van der Waals surface area (Å²) in [4.78, 5) is 20.3. The Labute approximate surface area is 99.4 Å². The van der Waals surface area contributed by atoms with Crippen LogP contribution in [0.3, 0.4) is 0 Å². The molecule has 2 heterocycles. The number of fused-ring (bicyclic) bond motifs is 1. The minimum Gasteiger partial charge on any atom is -0.408 e. The molecule has 4 N–H and O–H groups in total. The van der Waals surface area contributed by atoms with Crippen LogP contribution in [0.1, 0.15) is 0 Å².